The van der Waals surface area contributed by atoms with Crippen LogP contribution in [0.25, 0.3) is 0 Å². The molecule has 0 spiro atoms. The van der Waals surface area contributed by atoms with Crippen LogP contribution in [0.3, 0.4) is 0 Å². The van der Waals surface area contributed by atoms with E-state index in [9.17, 15) is 14.7 Å². The first-order valence-electron chi connectivity index (χ1n) is 7.27. The molecule has 1 aromatic carbocycles. The van der Waals surface area contributed by atoms with E-state index in [0.29, 0.717) is 13.0 Å². The minimum atomic E-state index is -0.828. The number of carbonyl (C=O) groups excluding carboxylic acids is 1. The summed E-state index contributed by atoms with van der Waals surface area (Å²) in [5.74, 6) is -0.831. The number of likely N-dealkylation sites (tertiary alicyclic amines) is 1. The number of nitrogens with zero attached hydrogens (tertiary/aromatic N) is 1. The summed E-state index contributed by atoms with van der Waals surface area (Å²) in [6.07, 6.45) is 0.512. The first kappa shape index (κ1) is 15.5. The van der Waals surface area contributed by atoms with Gasteiger partial charge in [0.05, 0.1) is 10.8 Å². The lowest BCUT2D eigenvalue weighted by molar-refractivity contribution is -0.147. The fourth-order valence-corrected chi connectivity index (χ4v) is 2.80. The average molecular weight is 289 g/mol. The number of carboxylic acid groups (broad SMARTS) is 1. The zero-order valence-electron chi connectivity index (χ0n) is 13.1. The maximum Gasteiger partial charge on any atom is 0.311 e. The molecule has 1 atom stereocenters. The topological polar surface area (TPSA) is 57.6 Å². The second kappa shape index (κ2) is 5.17. The van der Waals surface area contributed by atoms with Crippen molar-refractivity contribution in [3.05, 3.63) is 35.4 Å². The molecule has 1 saturated heterocycles. The van der Waals surface area contributed by atoms with Crippen molar-refractivity contribution in [2.45, 2.75) is 39.5 Å². The largest absolute Gasteiger partial charge is 0.481 e. The van der Waals surface area contributed by atoms with E-state index in [1.165, 1.54) is 0 Å². The fourth-order valence-electron chi connectivity index (χ4n) is 2.80. The summed E-state index contributed by atoms with van der Waals surface area (Å²) >= 11 is 0. The lowest BCUT2D eigenvalue weighted by Gasteiger charge is -2.30. The van der Waals surface area contributed by atoms with Crippen LogP contribution in [0, 0.1) is 12.3 Å². The van der Waals surface area contributed by atoms with Crippen molar-refractivity contribution in [2.24, 2.45) is 5.41 Å². The first-order chi connectivity index (χ1) is 9.67. The first-order valence-corrected chi connectivity index (χ1v) is 7.27. The van der Waals surface area contributed by atoms with Gasteiger partial charge in [-0.15, -0.1) is 0 Å². The summed E-state index contributed by atoms with van der Waals surface area (Å²) in [5, 5.41) is 9.28. The van der Waals surface area contributed by atoms with E-state index < -0.39 is 16.8 Å². The smallest absolute Gasteiger partial charge is 0.311 e. The van der Waals surface area contributed by atoms with Gasteiger partial charge in [-0.2, -0.15) is 0 Å². The SMILES string of the molecule is Cc1ccc(C(C)(C)C(=O)N2CCC(C)(C(=O)O)C2)cc1. The molecule has 114 valence electrons. The highest BCUT2D eigenvalue weighted by Crippen LogP contribution is 2.34. The molecule has 2 rings (SSSR count). The molecule has 1 unspecified atom stereocenters. The summed E-state index contributed by atoms with van der Waals surface area (Å²) < 4.78 is 0. The molecule has 1 aliphatic rings. The number of benzene rings is 1. The lowest BCUT2D eigenvalue weighted by atomic mass is 9.82. The number of aryl methyl sites for hydroxylation is 1. The molecule has 1 N–H and O–H groups in total. The molecule has 1 aliphatic heterocycles. The molecule has 1 aromatic rings. The molecule has 0 aromatic heterocycles. The van der Waals surface area contributed by atoms with E-state index in [2.05, 4.69) is 0 Å². The second-order valence-corrected chi connectivity index (χ2v) is 6.83. The van der Waals surface area contributed by atoms with Gasteiger partial charge in [0, 0.05) is 13.1 Å². The highest BCUT2D eigenvalue weighted by Gasteiger charge is 2.45. The van der Waals surface area contributed by atoms with Crippen molar-refractivity contribution in [2.75, 3.05) is 13.1 Å². The third kappa shape index (κ3) is 2.80. The molecule has 0 bridgehead atoms. The number of hydrogen-bond donors (Lipinski definition) is 1. The summed E-state index contributed by atoms with van der Waals surface area (Å²) in [6, 6.07) is 7.94. The number of aliphatic carboxylic acids is 1. The van der Waals surface area contributed by atoms with Crippen LogP contribution in [0.4, 0.5) is 0 Å². The van der Waals surface area contributed by atoms with Crippen LogP contribution in [-0.4, -0.2) is 35.0 Å². The molecule has 0 aliphatic carbocycles. The Bertz CT molecular complexity index is 562. The number of hydrogen-bond acceptors (Lipinski definition) is 2. The predicted octanol–water partition coefficient (Wildman–Crippen LogP) is 2.60. The summed E-state index contributed by atoms with van der Waals surface area (Å²) in [7, 11) is 0. The Labute approximate surface area is 125 Å². The molecule has 1 heterocycles. The highest BCUT2D eigenvalue weighted by molar-refractivity contribution is 5.88. The summed E-state index contributed by atoms with van der Waals surface area (Å²) in [5.41, 5.74) is 0.653. The van der Waals surface area contributed by atoms with E-state index in [-0.39, 0.29) is 12.5 Å². The van der Waals surface area contributed by atoms with Crippen molar-refractivity contribution in [1.29, 1.82) is 0 Å². The molecule has 0 saturated carbocycles. The van der Waals surface area contributed by atoms with Gasteiger partial charge in [-0.1, -0.05) is 29.8 Å². The van der Waals surface area contributed by atoms with Crippen molar-refractivity contribution in [3.63, 3.8) is 0 Å². The maximum atomic E-state index is 12.8. The third-order valence-corrected chi connectivity index (χ3v) is 4.58. The van der Waals surface area contributed by atoms with Gasteiger partial charge in [0.1, 0.15) is 0 Å². The Morgan fingerprint density at radius 1 is 1.24 bits per heavy atom. The van der Waals surface area contributed by atoms with Gasteiger partial charge in [0.2, 0.25) is 5.91 Å². The van der Waals surface area contributed by atoms with Crippen LogP contribution in [-0.2, 0) is 15.0 Å². The van der Waals surface area contributed by atoms with E-state index in [1.54, 1.807) is 11.8 Å². The molecule has 1 fully saturated rings. The van der Waals surface area contributed by atoms with Crippen LogP contribution < -0.4 is 0 Å². The van der Waals surface area contributed by atoms with Gasteiger partial charge in [-0.05, 0) is 39.7 Å². The number of carbonyl (C=O) groups is 2. The van der Waals surface area contributed by atoms with Gasteiger partial charge >= 0.3 is 5.97 Å². The zero-order chi connectivity index (χ0) is 15.8. The monoisotopic (exact) mass is 289 g/mol. The minimum absolute atomic E-state index is 0.00340. The Balaban J connectivity index is 2.20. The Morgan fingerprint density at radius 2 is 1.81 bits per heavy atom. The van der Waals surface area contributed by atoms with Crippen molar-refractivity contribution >= 4 is 11.9 Å². The highest BCUT2D eigenvalue weighted by atomic mass is 16.4. The van der Waals surface area contributed by atoms with Gasteiger partial charge in [0.25, 0.3) is 0 Å². The van der Waals surface area contributed by atoms with E-state index in [0.717, 1.165) is 11.1 Å². The Morgan fingerprint density at radius 3 is 2.29 bits per heavy atom. The van der Waals surface area contributed by atoms with Crippen molar-refractivity contribution < 1.29 is 14.7 Å². The quantitative estimate of drug-likeness (QED) is 0.930. The Hall–Kier alpha value is -1.84. The lowest BCUT2D eigenvalue weighted by Crippen LogP contribution is -2.44. The number of rotatable bonds is 3. The zero-order valence-corrected chi connectivity index (χ0v) is 13.1. The van der Waals surface area contributed by atoms with E-state index in [4.69, 9.17) is 0 Å². The molecular weight excluding hydrogens is 266 g/mol. The van der Waals surface area contributed by atoms with Crippen LogP contribution in [0.5, 0.6) is 0 Å². The predicted molar refractivity (Wildman–Crippen MR) is 81.1 cm³/mol. The maximum absolute atomic E-state index is 12.8. The molecule has 0 radical (unpaired) electrons. The van der Waals surface area contributed by atoms with Crippen LogP contribution in [0.1, 0.15) is 38.3 Å². The second-order valence-electron chi connectivity index (χ2n) is 6.83. The number of amides is 1. The van der Waals surface area contributed by atoms with Gasteiger partial charge in [-0.25, -0.2) is 0 Å². The molecule has 4 nitrogen and oxygen atoms in total. The molecule has 21 heavy (non-hydrogen) atoms. The summed E-state index contributed by atoms with van der Waals surface area (Å²) in [4.78, 5) is 25.8. The standard InChI is InChI=1S/C17H23NO3/c1-12-5-7-13(8-6-12)16(2,3)14(19)18-10-9-17(4,11-18)15(20)21/h5-8H,9-11H2,1-4H3,(H,20,21). The molecular formula is C17H23NO3. The van der Waals surface area contributed by atoms with E-state index >= 15 is 0 Å². The number of carboxylic acids is 1. The van der Waals surface area contributed by atoms with Gasteiger partial charge in [-0.3, -0.25) is 9.59 Å². The molecule has 4 heteroatoms. The van der Waals surface area contributed by atoms with E-state index in [1.807, 2.05) is 45.0 Å². The normalized spacial score (nSPS) is 22.4. The minimum Gasteiger partial charge on any atom is -0.481 e. The van der Waals surface area contributed by atoms with Crippen LogP contribution >= 0.6 is 0 Å². The van der Waals surface area contributed by atoms with Crippen LogP contribution in [0.2, 0.25) is 0 Å². The Kier molecular flexibility index (Phi) is 3.83. The summed E-state index contributed by atoms with van der Waals surface area (Å²) in [6.45, 7) is 8.32. The fraction of sp³-hybridized carbons (Fsp3) is 0.529. The van der Waals surface area contributed by atoms with Gasteiger partial charge < -0.3 is 10.0 Å². The average Bonchev–Trinajstić information content (AvgIpc) is 2.82. The molecule has 1 amide bonds. The van der Waals surface area contributed by atoms with Crippen molar-refractivity contribution in [1.82, 2.24) is 4.90 Å². The van der Waals surface area contributed by atoms with Crippen molar-refractivity contribution in [3.8, 4) is 0 Å². The van der Waals surface area contributed by atoms with Gasteiger partial charge in [0.15, 0.2) is 0 Å². The van der Waals surface area contributed by atoms with Crippen LogP contribution in [0.15, 0.2) is 24.3 Å². The third-order valence-electron chi connectivity index (χ3n) is 4.58.